The molecule has 1 aromatic carbocycles. The molecule has 1 atom stereocenters. The smallest absolute Gasteiger partial charge is 0.328 e. The van der Waals surface area contributed by atoms with Gasteiger partial charge in [0.2, 0.25) is 0 Å². The van der Waals surface area contributed by atoms with Crippen LogP contribution in [0.15, 0.2) is 30.3 Å². The quantitative estimate of drug-likeness (QED) is 0.213. The lowest BCUT2D eigenvalue weighted by Gasteiger charge is -2.15. The van der Waals surface area contributed by atoms with E-state index in [-0.39, 0.29) is 0 Å². The Hall–Kier alpha value is -1.77. The number of aliphatic carboxylic acids is 1. The van der Waals surface area contributed by atoms with Crippen LogP contribution in [0.1, 0.15) is 103 Å². The van der Waals surface area contributed by atoms with Crippen LogP contribution in [0.25, 0.3) is 6.08 Å². The van der Waals surface area contributed by atoms with Crippen molar-refractivity contribution in [2.45, 2.75) is 103 Å². The Kier molecular flexibility index (Phi) is 14.0. The molecule has 0 amide bonds. The first kappa shape index (κ1) is 24.3. The number of hydrogen-bond acceptors (Lipinski definition) is 2. The number of nitrogens with one attached hydrogen (secondary N) is 1. The molecule has 3 heteroatoms. The van der Waals surface area contributed by atoms with Gasteiger partial charge in [0, 0.05) is 17.8 Å². The van der Waals surface area contributed by atoms with Crippen LogP contribution in [-0.2, 0) is 4.79 Å². The van der Waals surface area contributed by atoms with Gasteiger partial charge in [-0.3, -0.25) is 0 Å². The van der Waals surface area contributed by atoms with Gasteiger partial charge in [-0.1, -0.05) is 96.1 Å². The zero-order chi connectivity index (χ0) is 20.5. The zero-order valence-electron chi connectivity index (χ0n) is 18.1. The molecule has 3 nitrogen and oxygen atoms in total. The molecule has 0 spiro atoms. The summed E-state index contributed by atoms with van der Waals surface area (Å²) in [6, 6.07) is 8.38. The highest BCUT2D eigenvalue weighted by molar-refractivity contribution is 5.85. The molecule has 0 fully saturated rings. The summed E-state index contributed by atoms with van der Waals surface area (Å²) >= 11 is 0. The van der Waals surface area contributed by atoms with E-state index < -0.39 is 5.97 Å². The van der Waals surface area contributed by atoms with Gasteiger partial charge in [-0.2, -0.15) is 0 Å². The maximum atomic E-state index is 10.5. The molecular formula is C25H41NO2. The summed E-state index contributed by atoms with van der Waals surface area (Å²) in [6.45, 7) is 4.51. The minimum Gasteiger partial charge on any atom is -0.478 e. The average Bonchev–Trinajstić information content (AvgIpc) is 2.68. The fourth-order valence-corrected chi connectivity index (χ4v) is 3.51. The summed E-state index contributed by atoms with van der Waals surface area (Å²) in [5.41, 5.74) is 2.00. The number of carboxylic acid groups (broad SMARTS) is 1. The van der Waals surface area contributed by atoms with Crippen molar-refractivity contribution >= 4 is 17.7 Å². The van der Waals surface area contributed by atoms with Gasteiger partial charge in [0.15, 0.2) is 0 Å². The van der Waals surface area contributed by atoms with Crippen molar-refractivity contribution in [3.05, 3.63) is 35.9 Å². The van der Waals surface area contributed by atoms with Crippen molar-refractivity contribution in [1.29, 1.82) is 0 Å². The highest BCUT2D eigenvalue weighted by Crippen LogP contribution is 2.16. The predicted molar refractivity (Wildman–Crippen MR) is 122 cm³/mol. The first-order valence-electron chi connectivity index (χ1n) is 11.4. The number of hydrogen-bond donors (Lipinski definition) is 2. The van der Waals surface area contributed by atoms with Crippen LogP contribution in [0.4, 0.5) is 5.69 Å². The molecule has 1 unspecified atom stereocenters. The Labute approximate surface area is 172 Å². The lowest BCUT2D eigenvalue weighted by atomic mass is 10.0. The molecular weight excluding hydrogens is 346 g/mol. The molecule has 1 aromatic rings. The van der Waals surface area contributed by atoms with Crippen molar-refractivity contribution in [2.24, 2.45) is 0 Å². The Morgan fingerprint density at radius 2 is 1.39 bits per heavy atom. The Bertz CT molecular complexity index is 536. The van der Waals surface area contributed by atoms with Gasteiger partial charge in [-0.15, -0.1) is 0 Å². The third-order valence-corrected chi connectivity index (χ3v) is 5.23. The third-order valence-electron chi connectivity index (χ3n) is 5.23. The second kappa shape index (κ2) is 16.2. The van der Waals surface area contributed by atoms with Gasteiger partial charge >= 0.3 is 5.97 Å². The lowest BCUT2D eigenvalue weighted by Crippen LogP contribution is -2.14. The molecule has 158 valence electrons. The van der Waals surface area contributed by atoms with Gasteiger partial charge in [0.05, 0.1) is 0 Å². The maximum Gasteiger partial charge on any atom is 0.328 e. The minimum absolute atomic E-state index is 0.462. The molecule has 0 aliphatic carbocycles. The second-order valence-electron chi connectivity index (χ2n) is 8.02. The number of unbranched alkanes of at least 4 members (excludes halogenated alkanes) is 11. The van der Waals surface area contributed by atoms with Gasteiger partial charge in [0.1, 0.15) is 0 Å². The molecule has 0 radical (unpaired) electrons. The lowest BCUT2D eigenvalue weighted by molar-refractivity contribution is -0.131. The standard InChI is InChI=1S/C25H41NO2/c1-3-4-5-6-7-8-9-10-11-12-13-14-15-22(2)26-24-19-16-23(17-20-24)18-21-25(27)28/h16-22,26H,3-15H2,1-2H3,(H,27,28)/b21-18+. The Morgan fingerprint density at radius 3 is 1.89 bits per heavy atom. The second-order valence-corrected chi connectivity index (χ2v) is 8.02. The number of carboxylic acids is 1. The number of carbonyl (C=O) groups is 1. The number of rotatable bonds is 17. The summed E-state index contributed by atoms with van der Waals surface area (Å²) in [7, 11) is 0. The normalized spacial score (nSPS) is 12.4. The van der Waals surface area contributed by atoms with Gasteiger partial charge in [-0.05, 0) is 37.1 Å². The maximum absolute atomic E-state index is 10.5. The van der Waals surface area contributed by atoms with Crippen molar-refractivity contribution < 1.29 is 9.90 Å². The van der Waals surface area contributed by atoms with E-state index in [9.17, 15) is 4.79 Å². The van der Waals surface area contributed by atoms with Crippen LogP contribution in [0, 0.1) is 0 Å². The zero-order valence-corrected chi connectivity index (χ0v) is 18.1. The van der Waals surface area contributed by atoms with Gasteiger partial charge < -0.3 is 10.4 Å². The van der Waals surface area contributed by atoms with Crippen molar-refractivity contribution in [1.82, 2.24) is 0 Å². The van der Waals surface area contributed by atoms with Crippen molar-refractivity contribution in [3.8, 4) is 0 Å². The average molecular weight is 388 g/mol. The highest BCUT2D eigenvalue weighted by atomic mass is 16.4. The molecule has 0 heterocycles. The Balaban J connectivity index is 2.00. The van der Waals surface area contributed by atoms with Gasteiger partial charge in [0.25, 0.3) is 0 Å². The number of anilines is 1. The first-order valence-corrected chi connectivity index (χ1v) is 11.4. The summed E-state index contributed by atoms with van der Waals surface area (Å²) in [5.74, 6) is -0.918. The van der Waals surface area contributed by atoms with Crippen LogP contribution in [0.2, 0.25) is 0 Å². The fraction of sp³-hybridized carbons (Fsp3) is 0.640. The topological polar surface area (TPSA) is 49.3 Å². The van der Waals surface area contributed by atoms with Crippen molar-refractivity contribution in [3.63, 3.8) is 0 Å². The first-order chi connectivity index (χ1) is 13.6. The minimum atomic E-state index is -0.918. The summed E-state index contributed by atoms with van der Waals surface area (Å²) < 4.78 is 0. The monoisotopic (exact) mass is 387 g/mol. The highest BCUT2D eigenvalue weighted by Gasteiger charge is 2.02. The Morgan fingerprint density at radius 1 is 0.893 bits per heavy atom. The van der Waals surface area contributed by atoms with E-state index in [0.717, 1.165) is 11.3 Å². The summed E-state index contributed by atoms with van der Waals surface area (Å²) in [6.07, 6.45) is 20.6. The van der Waals surface area contributed by atoms with Crippen LogP contribution in [0.3, 0.4) is 0 Å². The molecule has 0 saturated carbocycles. The number of benzene rings is 1. The van der Waals surface area contributed by atoms with Crippen LogP contribution < -0.4 is 5.32 Å². The molecule has 2 N–H and O–H groups in total. The van der Waals surface area contributed by atoms with E-state index in [1.807, 2.05) is 24.3 Å². The summed E-state index contributed by atoms with van der Waals surface area (Å²) in [5, 5.41) is 12.2. The molecule has 0 saturated heterocycles. The van der Waals surface area contributed by atoms with Crippen molar-refractivity contribution in [2.75, 3.05) is 5.32 Å². The van der Waals surface area contributed by atoms with Crippen LogP contribution in [0.5, 0.6) is 0 Å². The van der Waals surface area contributed by atoms with Crippen LogP contribution in [-0.4, -0.2) is 17.1 Å². The summed E-state index contributed by atoms with van der Waals surface area (Å²) in [4.78, 5) is 10.5. The van der Waals surface area contributed by atoms with E-state index in [1.165, 1.54) is 89.5 Å². The van der Waals surface area contributed by atoms with E-state index in [1.54, 1.807) is 6.08 Å². The molecule has 0 aliphatic heterocycles. The SMILES string of the molecule is CCCCCCCCCCCCCCC(C)Nc1ccc(/C=C/C(=O)O)cc1. The van der Waals surface area contributed by atoms with Gasteiger partial charge in [-0.25, -0.2) is 4.79 Å². The molecule has 1 rings (SSSR count). The largest absolute Gasteiger partial charge is 0.478 e. The van der Waals surface area contributed by atoms with E-state index in [2.05, 4.69) is 19.2 Å². The van der Waals surface area contributed by atoms with E-state index in [0.29, 0.717) is 6.04 Å². The molecule has 0 aliphatic rings. The fourth-order valence-electron chi connectivity index (χ4n) is 3.51. The molecule has 0 bridgehead atoms. The predicted octanol–water partition coefficient (Wildman–Crippen LogP) is 7.68. The van der Waals surface area contributed by atoms with E-state index in [4.69, 9.17) is 5.11 Å². The van der Waals surface area contributed by atoms with Crippen LogP contribution >= 0.6 is 0 Å². The molecule has 0 aromatic heterocycles. The molecule has 28 heavy (non-hydrogen) atoms. The van der Waals surface area contributed by atoms with E-state index >= 15 is 0 Å². The third kappa shape index (κ3) is 13.4.